The van der Waals surface area contributed by atoms with Gasteiger partial charge in [-0.15, -0.1) is 20.6 Å². The lowest BCUT2D eigenvalue weighted by molar-refractivity contribution is 0.104. The van der Waals surface area contributed by atoms with E-state index < -0.39 is 0 Å². The molecule has 1 atom stereocenters. The molecule has 32 heavy (non-hydrogen) atoms. The number of nitrogens with zero attached hydrogens (tertiary/aromatic N) is 3. The molecule has 0 N–H and O–H groups in total. The highest BCUT2D eigenvalue weighted by atomic mass is 35.5. The topological polar surface area (TPSA) is 47.8 Å². The fraction of sp³-hybridized carbons (Fsp3) is 0.0800. The van der Waals surface area contributed by atoms with Crippen molar-refractivity contribution in [2.24, 2.45) is 0 Å². The van der Waals surface area contributed by atoms with Crippen molar-refractivity contribution in [2.75, 3.05) is 0 Å². The molecule has 0 aliphatic carbocycles. The second-order valence-corrected chi connectivity index (χ2v) is 9.68. The first-order valence-electron chi connectivity index (χ1n) is 10.0. The quantitative estimate of drug-likeness (QED) is 0.235. The zero-order chi connectivity index (χ0) is 22.2. The number of hydrogen-bond donors (Lipinski definition) is 0. The van der Waals surface area contributed by atoms with Gasteiger partial charge in [-0.05, 0) is 54.2 Å². The van der Waals surface area contributed by atoms with Gasteiger partial charge < -0.3 is 4.57 Å². The number of aromatic nitrogens is 3. The Morgan fingerprint density at radius 2 is 1.94 bits per heavy atom. The summed E-state index contributed by atoms with van der Waals surface area (Å²) in [6.45, 7) is 2.67. The molecular weight excluding hydrogens is 457 g/mol. The molecule has 0 aliphatic rings. The first-order valence-corrected chi connectivity index (χ1v) is 11.8. The Morgan fingerprint density at radius 1 is 1.12 bits per heavy atom. The van der Waals surface area contributed by atoms with Crippen molar-refractivity contribution in [3.05, 3.63) is 99.9 Å². The normalized spacial score (nSPS) is 11.2. The number of hydrogen-bond acceptors (Lipinski definition) is 4. The summed E-state index contributed by atoms with van der Waals surface area (Å²) in [4.78, 5) is 22.9. The van der Waals surface area contributed by atoms with Crippen molar-refractivity contribution in [3.8, 4) is 10.6 Å². The number of carbonyl (C=O) groups excluding carboxylic acids is 1. The van der Waals surface area contributed by atoms with Gasteiger partial charge >= 0.3 is 0 Å². The van der Waals surface area contributed by atoms with Crippen LogP contribution in [-0.2, 0) is 6.54 Å². The minimum absolute atomic E-state index is 0.00871. The smallest absolute Gasteiger partial charge is 0.207 e. The van der Waals surface area contributed by atoms with Crippen molar-refractivity contribution >= 4 is 54.2 Å². The zero-order valence-corrected chi connectivity index (χ0v) is 20.0. The minimum Gasteiger partial charge on any atom is -0.340 e. The number of ketones is 1. The highest BCUT2D eigenvalue weighted by Gasteiger charge is 2.23. The standard InChI is InChI=1S/C25H19ClN3OPS/c1-15-23(24(30)22-13-28-25(32-22)17-3-2-10-27-12-17)20-11-19(31)8-9-21(20)29(15)14-16-4-6-18(26)7-5-16/h2-13H,14,31H2,1H3. The average molecular weight is 476 g/mol. The van der Waals surface area contributed by atoms with Crippen LogP contribution in [0.25, 0.3) is 21.5 Å². The molecule has 0 spiro atoms. The van der Waals surface area contributed by atoms with Crippen molar-refractivity contribution in [1.82, 2.24) is 14.5 Å². The highest BCUT2D eigenvalue weighted by Crippen LogP contribution is 2.32. The second kappa shape index (κ2) is 8.59. The van der Waals surface area contributed by atoms with Gasteiger partial charge in [-0.25, -0.2) is 4.98 Å². The number of carbonyl (C=O) groups is 1. The SMILES string of the molecule is Cc1c(C(=O)c2cnc(-c3cccnc3)s2)c2cc(P)ccc2n1Cc1ccc(Cl)cc1. The first kappa shape index (κ1) is 21.0. The second-order valence-electron chi connectivity index (χ2n) is 7.55. The Labute approximate surface area is 197 Å². The zero-order valence-electron chi connectivity index (χ0n) is 17.2. The maximum absolute atomic E-state index is 13.7. The average Bonchev–Trinajstić information content (AvgIpc) is 3.39. The van der Waals surface area contributed by atoms with Gasteiger partial charge in [0.2, 0.25) is 5.78 Å². The molecule has 0 saturated heterocycles. The molecule has 0 radical (unpaired) electrons. The fourth-order valence-corrected chi connectivity index (χ4v) is 5.13. The summed E-state index contributed by atoms with van der Waals surface area (Å²) in [6, 6.07) is 17.8. The molecule has 0 saturated carbocycles. The Hall–Kier alpha value is -2.85. The van der Waals surface area contributed by atoms with E-state index in [9.17, 15) is 4.79 Å². The van der Waals surface area contributed by atoms with E-state index in [0.29, 0.717) is 16.4 Å². The highest BCUT2D eigenvalue weighted by molar-refractivity contribution is 7.27. The Bertz CT molecular complexity index is 1440. The van der Waals surface area contributed by atoms with E-state index in [1.54, 1.807) is 18.6 Å². The van der Waals surface area contributed by atoms with Gasteiger partial charge in [0.15, 0.2) is 0 Å². The summed E-state index contributed by atoms with van der Waals surface area (Å²) in [5, 5.41) is 3.48. The van der Waals surface area contributed by atoms with E-state index in [2.05, 4.69) is 35.9 Å². The molecule has 158 valence electrons. The lowest BCUT2D eigenvalue weighted by Gasteiger charge is -2.09. The van der Waals surface area contributed by atoms with Crippen LogP contribution < -0.4 is 5.30 Å². The predicted octanol–water partition coefficient (Wildman–Crippen LogP) is 5.90. The number of benzene rings is 2. The molecule has 7 heteroatoms. The Morgan fingerprint density at radius 3 is 2.69 bits per heavy atom. The van der Waals surface area contributed by atoms with Crippen LogP contribution >= 0.6 is 32.2 Å². The van der Waals surface area contributed by atoms with E-state index in [1.165, 1.54) is 11.3 Å². The summed E-state index contributed by atoms with van der Waals surface area (Å²) in [5.41, 5.74) is 4.72. The molecule has 3 heterocycles. The van der Waals surface area contributed by atoms with Crippen molar-refractivity contribution in [2.45, 2.75) is 13.5 Å². The van der Waals surface area contributed by atoms with Crippen molar-refractivity contribution < 1.29 is 4.79 Å². The van der Waals surface area contributed by atoms with Gasteiger partial charge in [-0.2, -0.15) is 0 Å². The van der Waals surface area contributed by atoms with Gasteiger partial charge in [0.1, 0.15) is 5.01 Å². The van der Waals surface area contributed by atoms with Gasteiger partial charge in [0.25, 0.3) is 0 Å². The predicted molar refractivity (Wildman–Crippen MR) is 135 cm³/mol. The van der Waals surface area contributed by atoms with Gasteiger partial charge in [-0.1, -0.05) is 29.8 Å². The molecule has 0 bridgehead atoms. The molecule has 0 amide bonds. The van der Waals surface area contributed by atoms with Crippen LogP contribution in [0.4, 0.5) is 0 Å². The van der Waals surface area contributed by atoms with E-state index in [4.69, 9.17) is 11.6 Å². The van der Waals surface area contributed by atoms with E-state index in [1.807, 2.05) is 49.4 Å². The number of rotatable bonds is 5. The molecule has 5 rings (SSSR count). The van der Waals surface area contributed by atoms with Gasteiger partial charge in [0.05, 0.1) is 10.4 Å². The third kappa shape index (κ3) is 3.88. The summed E-state index contributed by atoms with van der Waals surface area (Å²) in [6.07, 6.45) is 5.15. The van der Waals surface area contributed by atoms with Gasteiger partial charge in [0, 0.05) is 52.3 Å². The largest absolute Gasteiger partial charge is 0.340 e. The van der Waals surface area contributed by atoms with E-state index in [-0.39, 0.29) is 5.78 Å². The Balaban J connectivity index is 1.60. The summed E-state index contributed by atoms with van der Waals surface area (Å²) in [7, 11) is 2.72. The number of halogens is 1. The third-order valence-corrected chi connectivity index (χ3v) is 7.12. The van der Waals surface area contributed by atoms with Crippen LogP contribution in [0.5, 0.6) is 0 Å². The summed E-state index contributed by atoms with van der Waals surface area (Å²) < 4.78 is 2.19. The number of pyridine rings is 1. The molecule has 1 unspecified atom stereocenters. The van der Waals surface area contributed by atoms with E-state index >= 15 is 0 Å². The van der Waals surface area contributed by atoms with Crippen LogP contribution in [-0.4, -0.2) is 20.3 Å². The van der Waals surface area contributed by atoms with Crippen LogP contribution in [0.1, 0.15) is 26.5 Å². The fourth-order valence-electron chi connectivity index (χ4n) is 3.89. The third-order valence-electron chi connectivity index (χ3n) is 5.47. The minimum atomic E-state index is -0.00871. The Kier molecular flexibility index (Phi) is 5.64. The first-order chi connectivity index (χ1) is 15.5. The van der Waals surface area contributed by atoms with Crippen LogP contribution in [0.2, 0.25) is 5.02 Å². The van der Waals surface area contributed by atoms with Gasteiger partial charge in [-0.3, -0.25) is 9.78 Å². The lowest BCUT2D eigenvalue weighted by atomic mass is 10.1. The maximum atomic E-state index is 13.7. The van der Waals surface area contributed by atoms with Crippen molar-refractivity contribution in [3.63, 3.8) is 0 Å². The van der Waals surface area contributed by atoms with Crippen molar-refractivity contribution in [1.29, 1.82) is 0 Å². The summed E-state index contributed by atoms with van der Waals surface area (Å²) >= 11 is 7.45. The molecular formula is C25H19ClN3OPS. The van der Waals surface area contributed by atoms with E-state index in [0.717, 1.165) is 43.6 Å². The van der Waals surface area contributed by atoms with Crippen LogP contribution in [0.3, 0.4) is 0 Å². The lowest BCUT2D eigenvalue weighted by Crippen LogP contribution is -2.05. The molecule has 2 aromatic carbocycles. The molecule has 0 aliphatic heterocycles. The molecule has 4 nitrogen and oxygen atoms in total. The number of fused-ring (bicyclic) bond motifs is 1. The molecule has 0 fully saturated rings. The molecule has 3 aromatic heterocycles. The molecule has 5 aromatic rings. The van der Waals surface area contributed by atoms with Crippen LogP contribution in [0, 0.1) is 6.92 Å². The monoisotopic (exact) mass is 475 g/mol. The maximum Gasteiger partial charge on any atom is 0.207 e. The summed E-state index contributed by atoms with van der Waals surface area (Å²) in [5.74, 6) is -0.00871. The van der Waals surface area contributed by atoms with Crippen LogP contribution in [0.15, 0.2) is 73.2 Å². The number of thiazole rings is 1.